The minimum Gasteiger partial charge on any atom is -0.494 e. The zero-order valence-electron chi connectivity index (χ0n) is 17.1. The molecule has 0 aliphatic heterocycles. The van der Waals surface area contributed by atoms with Gasteiger partial charge in [-0.15, -0.1) is 11.3 Å². The molecule has 3 rings (SSSR count). The summed E-state index contributed by atoms with van der Waals surface area (Å²) in [6, 6.07) is 17.7. The van der Waals surface area contributed by atoms with E-state index in [1.54, 1.807) is 30.3 Å². The van der Waals surface area contributed by atoms with E-state index < -0.39 is 0 Å². The van der Waals surface area contributed by atoms with Gasteiger partial charge >= 0.3 is 0 Å². The minimum absolute atomic E-state index is 0.191. The summed E-state index contributed by atoms with van der Waals surface area (Å²) in [6.07, 6.45) is 0.949. The van der Waals surface area contributed by atoms with Crippen LogP contribution in [0.15, 0.2) is 66.0 Å². The summed E-state index contributed by atoms with van der Waals surface area (Å²) in [4.78, 5) is 27.5. The van der Waals surface area contributed by atoms with Crippen molar-refractivity contribution < 1.29 is 14.3 Å². The number of amides is 2. The summed E-state index contributed by atoms with van der Waals surface area (Å²) < 4.78 is 5.71. The van der Waals surface area contributed by atoms with Crippen LogP contribution in [0, 0.1) is 0 Å². The number of thiophene rings is 1. The molecule has 0 aliphatic rings. The zero-order chi connectivity index (χ0) is 21.3. The minimum atomic E-state index is -0.248. The second kappa shape index (κ2) is 10.6. The number of nitrogens with zero attached hydrogens (tertiary/aromatic N) is 1. The van der Waals surface area contributed by atoms with Crippen molar-refractivity contribution in [2.75, 3.05) is 37.9 Å². The van der Waals surface area contributed by atoms with E-state index in [1.807, 2.05) is 49.8 Å². The van der Waals surface area contributed by atoms with Crippen LogP contribution in [-0.4, -0.2) is 44.0 Å². The number of carbonyl (C=O) groups is 2. The summed E-state index contributed by atoms with van der Waals surface area (Å²) in [5.74, 6) is 0.329. The first-order valence-electron chi connectivity index (χ1n) is 9.65. The number of hydrogen-bond donors (Lipinski definition) is 2. The second-order valence-corrected chi connectivity index (χ2v) is 7.94. The Morgan fingerprint density at radius 2 is 1.70 bits per heavy atom. The molecule has 30 heavy (non-hydrogen) atoms. The number of ether oxygens (including phenoxy) is 1. The van der Waals surface area contributed by atoms with E-state index >= 15 is 0 Å². The van der Waals surface area contributed by atoms with E-state index in [4.69, 9.17) is 4.74 Å². The van der Waals surface area contributed by atoms with Crippen LogP contribution in [-0.2, 0) is 0 Å². The number of nitrogens with one attached hydrogen (secondary N) is 2. The Balaban J connectivity index is 1.54. The number of rotatable bonds is 9. The number of carbonyl (C=O) groups excluding carboxylic acids is 2. The Kier molecular flexibility index (Phi) is 7.59. The highest BCUT2D eigenvalue weighted by Crippen LogP contribution is 2.19. The molecular formula is C23H25N3O3S. The van der Waals surface area contributed by atoms with Crippen molar-refractivity contribution in [3.63, 3.8) is 0 Å². The van der Waals surface area contributed by atoms with Gasteiger partial charge in [-0.3, -0.25) is 9.59 Å². The number of hydrogen-bond acceptors (Lipinski definition) is 5. The molecule has 2 aromatic carbocycles. The summed E-state index contributed by atoms with van der Waals surface area (Å²) >= 11 is 1.37. The van der Waals surface area contributed by atoms with Gasteiger partial charge in [0.25, 0.3) is 11.8 Å². The number of anilines is 2. The molecule has 0 saturated carbocycles. The van der Waals surface area contributed by atoms with Crippen molar-refractivity contribution in [3.8, 4) is 5.75 Å². The van der Waals surface area contributed by atoms with Crippen molar-refractivity contribution >= 4 is 34.5 Å². The Labute approximate surface area is 180 Å². The van der Waals surface area contributed by atoms with E-state index in [-0.39, 0.29) is 11.8 Å². The molecule has 0 atom stereocenters. The van der Waals surface area contributed by atoms with Gasteiger partial charge in [0.15, 0.2) is 0 Å². The predicted molar refractivity (Wildman–Crippen MR) is 122 cm³/mol. The van der Waals surface area contributed by atoms with E-state index in [2.05, 4.69) is 15.5 Å². The van der Waals surface area contributed by atoms with E-state index in [0.29, 0.717) is 28.4 Å². The fraction of sp³-hybridized carbons (Fsp3) is 0.217. The molecule has 6 nitrogen and oxygen atoms in total. The highest BCUT2D eigenvalue weighted by atomic mass is 32.1. The SMILES string of the molecule is CN(C)CCCOc1ccc(NC(=O)c2cccc(NC(=O)c3cccs3)c2)cc1. The third-order valence-corrected chi connectivity index (χ3v) is 5.13. The van der Waals surface area contributed by atoms with Gasteiger partial charge in [0, 0.05) is 23.5 Å². The molecular weight excluding hydrogens is 398 g/mol. The first-order valence-corrected chi connectivity index (χ1v) is 10.5. The Morgan fingerprint density at radius 1 is 0.933 bits per heavy atom. The van der Waals surface area contributed by atoms with Crippen molar-refractivity contribution in [2.45, 2.75) is 6.42 Å². The maximum absolute atomic E-state index is 12.6. The lowest BCUT2D eigenvalue weighted by Crippen LogP contribution is -2.15. The van der Waals surface area contributed by atoms with Gasteiger partial charge in [0.05, 0.1) is 11.5 Å². The fourth-order valence-corrected chi connectivity index (χ4v) is 3.37. The standard InChI is InChI=1S/C23H25N3O3S/c1-26(2)13-5-14-29-20-11-9-18(10-12-20)24-22(27)17-6-3-7-19(16-17)25-23(28)21-8-4-15-30-21/h3-4,6-12,15-16H,5,13-14H2,1-2H3,(H,24,27)(H,25,28). The van der Waals surface area contributed by atoms with Gasteiger partial charge in [0.2, 0.25) is 0 Å². The zero-order valence-corrected chi connectivity index (χ0v) is 17.9. The Morgan fingerprint density at radius 3 is 2.40 bits per heavy atom. The Bertz CT molecular complexity index is 970. The van der Waals surface area contributed by atoms with Crippen LogP contribution in [0.4, 0.5) is 11.4 Å². The van der Waals surface area contributed by atoms with Gasteiger partial charge in [-0.05, 0) is 74.4 Å². The third kappa shape index (κ3) is 6.43. The molecule has 0 radical (unpaired) electrons. The third-order valence-electron chi connectivity index (χ3n) is 4.26. The highest BCUT2D eigenvalue weighted by molar-refractivity contribution is 7.12. The lowest BCUT2D eigenvalue weighted by molar-refractivity contribution is 0.101. The fourth-order valence-electron chi connectivity index (χ4n) is 2.75. The molecule has 1 aromatic heterocycles. The highest BCUT2D eigenvalue weighted by Gasteiger charge is 2.10. The summed E-state index contributed by atoms with van der Waals surface area (Å²) in [6.45, 7) is 1.62. The Hall–Kier alpha value is -3.16. The van der Waals surface area contributed by atoms with Crippen LogP contribution in [0.2, 0.25) is 0 Å². The van der Waals surface area contributed by atoms with E-state index in [0.717, 1.165) is 18.7 Å². The molecule has 0 aliphatic carbocycles. The number of benzene rings is 2. The van der Waals surface area contributed by atoms with Crippen LogP contribution in [0.5, 0.6) is 5.75 Å². The molecule has 3 aromatic rings. The van der Waals surface area contributed by atoms with Gasteiger partial charge in [-0.1, -0.05) is 12.1 Å². The largest absolute Gasteiger partial charge is 0.494 e. The van der Waals surface area contributed by atoms with Crippen LogP contribution < -0.4 is 15.4 Å². The molecule has 0 saturated heterocycles. The molecule has 0 bridgehead atoms. The molecule has 0 spiro atoms. The quantitative estimate of drug-likeness (QED) is 0.494. The molecule has 2 amide bonds. The van der Waals surface area contributed by atoms with Crippen molar-refractivity contribution in [2.24, 2.45) is 0 Å². The maximum Gasteiger partial charge on any atom is 0.265 e. The molecule has 0 unspecified atom stereocenters. The average molecular weight is 424 g/mol. The monoisotopic (exact) mass is 423 g/mol. The first-order chi connectivity index (χ1) is 14.5. The van der Waals surface area contributed by atoms with Crippen molar-refractivity contribution in [1.82, 2.24) is 4.90 Å². The van der Waals surface area contributed by atoms with E-state index in [9.17, 15) is 9.59 Å². The van der Waals surface area contributed by atoms with Gasteiger partial charge in [-0.25, -0.2) is 0 Å². The molecule has 0 fully saturated rings. The van der Waals surface area contributed by atoms with E-state index in [1.165, 1.54) is 11.3 Å². The lowest BCUT2D eigenvalue weighted by Gasteiger charge is -2.11. The summed E-state index contributed by atoms with van der Waals surface area (Å²) in [5, 5.41) is 7.52. The summed E-state index contributed by atoms with van der Waals surface area (Å²) in [7, 11) is 4.07. The first kappa shape index (κ1) is 21.5. The summed E-state index contributed by atoms with van der Waals surface area (Å²) in [5.41, 5.74) is 1.71. The molecule has 156 valence electrons. The van der Waals surface area contributed by atoms with Crippen molar-refractivity contribution in [3.05, 3.63) is 76.5 Å². The normalized spacial score (nSPS) is 10.6. The average Bonchev–Trinajstić information content (AvgIpc) is 3.27. The maximum atomic E-state index is 12.6. The smallest absolute Gasteiger partial charge is 0.265 e. The lowest BCUT2D eigenvalue weighted by atomic mass is 10.1. The second-order valence-electron chi connectivity index (χ2n) is 7.00. The molecule has 7 heteroatoms. The van der Waals surface area contributed by atoms with Gasteiger partial charge < -0.3 is 20.3 Å². The molecule has 1 heterocycles. The topological polar surface area (TPSA) is 70.7 Å². The van der Waals surface area contributed by atoms with Gasteiger partial charge in [0.1, 0.15) is 5.75 Å². The predicted octanol–water partition coefficient (Wildman–Crippen LogP) is 4.58. The van der Waals surface area contributed by atoms with Crippen LogP contribution in [0.1, 0.15) is 26.5 Å². The van der Waals surface area contributed by atoms with Crippen LogP contribution in [0.25, 0.3) is 0 Å². The van der Waals surface area contributed by atoms with Crippen LogP contribution in [0.3, 0.4) is 0 Å². The van der Waals surface area contributed by atoms with Crippen molar-refractivity contribution in [1.29, 1.82) is 0 Å². The molecule has 2 N–H and O–H groups in total. The van der Waals surface area contributed by atoms with Crippen LogP contribution >= 0.6 is 11.3 Å². The van der Waals surface area contributed by atoms with Gasteiger partial charge in [-0.2, -0.15) is 0 Å².